The van der Waals surface area contributed by atoms with Gasteiger partial charge in [0.1, 0.15) is 5.76 Å². The highest BCUT2D eigenvalue weighted by Crippen LogP contribution is 2.27. The van der Waals surface area contributed by atoms with Crippen LogP contribution in [0, 0.1) is 13.8 Å². The molecule has 106 valence electrons. The standard InChI is InChI=1S/C16H15N3OS/c1-11-5-6-14(12(2)8-11)15-10-21-16(18-15)19-17-9-13-4-3-7-20-13/h3-10H,1-2H3,(H,18,19)/b17-9-. The van der Waals surface area contributed by atoms with Crippen molar-refractivity contribution < 1.29 is 4.42 Å². The minimum absolute atomic E-state index is 0.702. The Balaban J connectivity index is 1.74. The molecule has 2 heterocycles. The first-order valence-electron chi connectivity index (χ1n) is 6.58. The van der Waals surface area contributed by atoms with Gasteiger partial charge in [-0.15, -0.1) is 11.3 Å². The Morgan fingerprint density at radius 3 is 2.95 bits per heavy atom. The second-order valence-electron chi connectivity index (χ2n) is 4.74. The third kappa shape index (κ3) is 3.20. The van der Waals surface area contributed by atoms with E-state index in [0.29, 0.717) is 5.76 Å². The maximum absolute atomic E-state index is 5.17. The molecule has 21 heavy (non-hydrogen) atoms. The van der Waals surface area contributed by atoms with Crippen LogP contribution in [0.5, 0.6) is 0 Å². The molecule has 0 atom stereocenters. The van der Waals surface area contributed by atoms with Crippen LogP contribution in [0.2, 0.25) is 0 Å². The summed E-state index contributed by atoms with van der Waals surface area (Å²) < 4.78 is 5.17. The van der Waals surface area contributed by atoms with Gasteiger partial charge in [0.25, 0.3) is 0 Å². The molecule has 0 spiro atoms. The second-order valence-corrected chi connectivity index (χ2v) is 5.60. The molecule has 0 aliphatic carbocycles. The monoisotopic (exact) mass is 297 g/mol. The van der Waals surface area contributed by atoms with Crippen molar-refractivity contribution in [1.29, 1.82) is 0 Å². The lowest BCUT2D eigenvalue weighted by Crippen LogP contribution is -1.90. The molecule has 1 aromatic carbocycles. The summed E-state index contributed by atoms with van der Waals surface area (Å²) in [4.78, 5) is 4.55. The van der Waals surface area contributed by atoms with E-state index in [1.807, 2.05) is 17.5 Å². The Labute approximate surface area is 127 Å². The number of aryl methyl sites for hydroxylation is 2. The number of aromatic nitrogens is 1. The third-order valence-corrected chi connectivity index (χ3v) is 3.80. The zero-order valence-corrected chi connectivity index (χ0v) is 12.6. The van der Waals surface area contributed by atoms with Crippen LogP contribution < -0.4 is 5.43 Å². The van der Waals surface area contributed by atoms with E-state index in [-0.39, 0.29) is 0 Å². The number of hydrogen-bond acceptors (Lipinski definition) is 5. The zero-order chi connectivity index (χ0) is 14.7. The van der Waals surface area contributed by atoms with E-state index < -0.39 is 0 Å². The molecule has 0 saturated carbocycles. The van der Waals surface area contributed by atoms with Crippen LogP contribution in [0.1, 0.15) is 16.9 Å². The molecule has 0 fully saturated rings. The SMILES string of the molecule is Cc1ccc(-c2csc(N/N=C\c3ccco3)n2)c(C)c1. The van der Waals surface area contributed by atoms with Crippen LogP contribution in [0.15, 0.2) is 51.5 Å². The predicted molar refractivity (Wildman–Crippen MR) is 86.9 cm³/mol. The molecule has 0 aliphatic rings. The normalized spacial score (nSPS) is 11.1. The molecule has 0 amide bonds. The van der Waals surface area contributed by atoms with E-state index >= 15 is 0 Å². The van der Waals surface area contributed by atoms with Crippen molar-refractivity contribution in [3.63, 3.8) is 0 Å². The average Bonchev–Trinajstić information content (AvgIpc) is 3.10. The Morgan fingerprint density at radius 1 is 1.29 bits per heavy atom. The maximum Gasteiger partial charge on any atom is 0.203 e. The van der Waals surface area contributed by atoms with Gasteiger partial charge in [-0.1, -0.05) is 23.8 Å². The molecule has 0 aliphatic heterocycles. The van der Waals surface area contributed by atoms with Gasteiger partial charge in [0.05, 0.1) is 18.2 Å². The molecule has 5 heteroatoms. The van der Waals surface area contributed by atoms with Crippen LogP contribution in [0.3, 0.4) is 0 Å². The summed E-state index contributed by atoms with van der Waals surface area (Å²) in [6.07, 6.45) is 3.24. The van der Waals surface area contributed by atoms with Crippen molar-refractivity contribution in [1.82, 2.24) is 4.98 Å². The number of hydrogen-bond donors (Lipinski definition) is 1. The Kier molecular flexibility index (Phi) is 3.83. The number of benzene rings is 1. The number of thiazole rings is 1. The molecule has 0 radical (unpaired) electrons. The fourth-order valence-electron chi connectivity index (χ4n) is 2.07. The molecular weight excluding hydrogens is 282 g/mol. The van der Waals surface area contributed by atoms with Gasteiger partial charge >= 0.3 is 0 Å². The van der Waals surface area contributed by atoms with Crippen LogP contribution in [-0.4, -0.2) is 11.2 Å². The largest absolute Gasteiger partial charge is 0.463 e. The minimum Gasteiger partial charge on any atom is -0.463 e. The van der Waals surface area contributed by atoms with Crippen LogP contribution in [0.25, 0.3) is 11.3 Å². The van der Waals surface area contributed by atoms with E-state index in [9.17, 15) is 0 Å². The number of rotatable bonds is 4. The first-order chi connectivity index (χ1) is 10.2. The van der Waals surface area contributed by atoms with Crippen LogP contribution in [-0.2, 0) is 0 Å². The van der Waals surface area contributed by atoms with Gasteiger partial charge in [0.15, 0.2) is 0 Å². The Bertz CT molecular complexity index is 760. The Morgan fingerprint density at radius 2 is 2.19 bits per heavy atom. The lowest BCUT2D eigenvalue weighted by atomic mass is 10.0. The number of nitrogens with one attached hydrogen (secondary N) is 1. The van der Waals surface area contributed by atoms with Crippen molar-refractivity contribution >= 4 is 22.7 Å². The van der Waals surface area contributed by atoms with Gasteiger partial charge in [-0.25, -0.2) is 4.98 Å². The fraction of sp³-hybridized carbons (Fsp3) is 0.125. The molecule has 4 nitrogen and oxygen atoms in total. The van der Waals surface area contributed by atoms with E-state index in [1.54, 1.807) is 12.5 Å². The van der Waals surface area contributed by atoms with Gasteiger partial charge in [0.2, 0.25) is 5.13 Å². The molecular formula is C16H15N3OS. The predicted octanol–water partition coefficient (Wildman–Crippen LogP) is 4.47. The quantitative estimate of drug-likeness (QED) is 0.571. The van der Waals surface area contributed by atoms with E-state index in [0.717, 1.165) is 16.4 Å². The average molecular weight is 297 g/mol. The number of furan rings is 1. The van der Waals surface area contributed by atoms with E-state index in [4.69, 9.17) is 4.42 Å². The first kappa shape index (κ1) is 13.6. The van der Waals surface area contributed by atoms with Crippen molar-refractivity contribution in [2.75, 3.05) is 5.43 Å². The van der Waals surface area contributed by atoms with Gasteiger partial charge < -0.3 is 4.42 Å². The van der Waals surface area contributed by atoms with Crippen molar-refractivity contribution in [2.45, 2.75) is 13.8 Å². The summed E-state index contributed by atoms with van der Waals surface area (Å²) in [5.41, 5.74) is 7.52. The summed E-state index contributed by atoms with van der Waals surface area (Å²) in [6, 6.07) is 10.0. The second kappa shape index (κ2) is 5.93. The highest BCUT2D eigenvalue weighted by Gasteiger charge is 2.06. The highest BCUT2D eigenvalue weighted by atomic mass is 32.1. The number of nitrogens with zero attached hydrogens (tertiary/aromatic N) is 2. The molecule has 0 bridgehead atoms. The van der Waals surface area contributed by atoms with Crippen molar-refractivity contribution in [3.05, 3.63) is 58.9 Å². The third-order valence-electron chi connectivity index (χ3n) is 3.06. The fourth-order valence-corrected chi connectivity index (χ4v) is 2.73. The number of anilines is 1. The van der Waals surface area contributed by atoms with Crippen LogP contribution in [0.4, 0.5) is 5.13 Å². The highest BCUT2D eigenvalue weighted by molar-refractivity contribution is 7.14. The summed E-state index contributed by atoms with van der Waals surface area (Å²) in [6.45, 7) is 4.19. The molecule has 0 unspecified atom stereocenters. The van der Waals surface area contributed by atoms with Gasteiger partial charge in [-0.3, -0.25) is 5.43 Å². The first-order valence-corrected chi connectivity index (χ1v) is 7.46. The summed E-state index contributed by atoms with van der Waals surface area (Å²) in [5.74, 6) is 0.702. The summed E-state index contributed by atoms with van der Waals surface area (Å²) in [5, 5.41) is 6.89. The lowest BCUT2D eigenvalue weighted by Gasteiger charge is -2.03. The molecule has 3 aromatic rings. The number of hydrazone groups is 1. The van der Waals surface area contributed by atoms with Crippen molar-refractivity contribution in [2.24, 2.45) is 5.10 Å². The van der Waals surface area contributed by atoms with Crippen molar-refractivity contribution in [3.8, 4) is 11.3 Å². The molecule has 3 rings (SSSR count). The van der Waals surface area contributed by atoms with E-state index in [1.165, 1.54) is 22.5 Å². The summed E-state index contributed by atoms with van der Waals surface area (Å²) in [7, 11) is 0. The molecule has 1 N–H and O–H groups in total. The van der Waals surface area contributed by atoms with Gasteiger partial charge in [-0.05, 0) is 31.5 Å². The smallest absolute Gasteiger partial charge is 0.203 e. The summed E-state index contributed by atoms with van der Waals surface area (Å²) >= 11 is 1.53. The Hall–Kier alpha value is -2.40. The zero-order valence-electron chi connectivity index (χ0n) is 11.8. The van der Waals surface area contributed by atoms with Gasteiger partial charge in [0, 0.05) is 10.9 Å². The topological polar surface area (TPSA) is 50.4 Å². The molecule has 0 saturated heterocycles. The lowest BCUT2D eigenvalue weighted by molar-refractivity contribution is 0.560. The van der Waals surface area contributed by atoms with Gasteiger partial charge in [-0.2, -0.15) is 5.10 Å². The maximum atomic E-state index is 5.17. The van der Waals surface area contributed by atoms with E-state index in [2.05, 4.69) is 47.6 Å². The minimum atomic E-state index is 0.702. The molecule has 2 aromatic heterocycles. The van der Waals surface area contributed by atoms with Crippen LogP contribution >= 0.6 is 11.3 Å².